The molecule has 0 heterocycles. The topological polar surface area (TPSA) is 134 Å². The molecule has 0 aliphatic carbocycles. The first-order valence-electron chi connectivity index (χ1n) is 18.4. The van der Waals surface area contributed by atoms with Crippen LogP contribution in [0.5, 0.6) is 0 Å². The van der Waals surface area contributed by atoms with E-state index in [4.69, 9.17) is 24.3 Å². The molecule has 0 bridgehead atoms. The summed E-state index contributed by atoms with van der Waals surface area (Å²) in [6.07, 6.45) is 41.1. The summed E-state index contributed by atoms with van der Waals surface area (Å²) < 4.78 is 32.5. The average Bonchev–Trinajstić information content (AvgIpc) is 3.08. The highest BCUT2D eigenvalue weighted by molar-refractivity contribution is 7.47. The van der Waals surface area contributed by atoms with Gasteiger partial charge >= 0.3 is 19.8 Å². The third-order valence-corrected chi connectivity index (χ3v) is 8.09. The fourth-order valence-electron chi connectivity index (χ4n) is 4.41. The van der Waals surface area contributed by atoms with Gasteiger partial charge in [-0.05, 0) is 64.2 Å². The molecule has 0 aliphatic heterocycles. The molecule has 0 aliphatic rings. The van der Waals surface area contributed by atoms with Gasteiger partial charge in [0.05, 0.1) is 19.6 Å². The number of unbranched alkanes of at least 4 members (excludes halogenated alkanes) is 9. The smallest absolute Gasteiger partial charge is 0.462 e. The molecular weight excluding hydrogens is 641 g/mol. The molecule has 9 nitrogen and oxygen atoms in total. The minimum atomic E-state index is -4.40. The van der Waals surface area contributed by atoms with E-state index in [9.17, 15) is 19.0 Å². The molecule has 0 fully saturated rings. The fourth-order valence-corrected chi connectivity index (χ4v) is 5.17. The van der Waals surface area contributed by atoms with Crippen molar-refractivity contribution >= 4 is 19.8 Å². The molecule has 10 heteroatoms. The summed E-state index contributed by atoms with van der Waals surface area (Å²) in [5.74, 6) is -0.996. The van der Waals surface area contributed by atoms with Crippen LogP contribution in [-0.4, -0.2) is 49.3 Å². The third-order valence-electron chi connectivity index (χ3n) is 7.11. The van der Waals surface area contributed by atoms with Crippen LogP contribution in [-0.2, 0) is 32.7 Å². The summed E-state index contributed by atoms with van der Waals surface area (Å²) in [4.78, 5) is 34.6. The van der Waals surface area contributed by atoms with Gasteiger partial charge in [0.1, 0.15) is 6.61 Å². The summed E-state index contributed by atoms with van der Waals surface area (Å²) in [5, 5.41) is 0. The molecule has 49 heavy (non-hydrogen) atoms. The first kappa shape index (κ1) is 46.5. The molecule has 0 aromatic carbocycles. The molecule has 2 atom stereocenters. The van der Waals surface area contributed by atoms with E-state index in [2.05, 4.69) is 68.5 Å². The molecule has 0 saturated heterocycles. The van der Waals surface area contributed by atoms with Crippen LogP contribution < -0.4 is 5.73 Å². The molecule has 0 spiro atoms. The normalized spacial score (nSPS) is 14.3. The lowest BCUT2D eigenvalue weighted by atomic mass is 10.1. The van der Waals surface area contributed by atoms with Crippen molar-refractivity contribution in [1.82, 2.24) is 0 Å². The molecule has 0 radical (unpaired) electrons. The molecule has 0 saturated carbocycles. The quantitative estimate of drug-likeness (QED) is 0.0296. The Morgan fingerprint density at radius 3 is 1.76 bits per heavy atom. The molecule has 3 N–H and O–H groups in total. The van der Waals surface area contributed by atoms with Crippen molar-refractivity contribution in [2.24, 2.45) is 5.73 Å². The minimum absolute atomic E-state index is 0.00677. The number of nitrogens with two attached hydrogens (primary N) is 1. The maximum Gasteiger partial charge on any atom is 0.472 e. The second-order valence-electron chi connectivity index (χ2n) is 11.7. The number of hydrogen-bond acceptors (Lipinski definition) is 8. The van der Waals surface area contributed by atoms with E-state index in [0.717, 1.165) is 57.8 Å². The van der Waals surface area contributed by atoms with E-state index in [1.807, 2.05) is 12.2 Å². The van der Waals surface area contributed by atoms with Crippen LogP contribution in [0.3, 0.4) is 0 Å². The summed E-state index contributed by atoms with van der Waals surface area (Å²) in [7, 11) is -4.40. The van der Waals surface area contributed by atoms with Crippen molar-refractivity contribution in [3.63, 3.8) is 0 Å². The fraction of sp³-hybridized carbons (Fsp3) is 0.641. The van der Waals surface area contributed by atoms with Crippen molar-refractivity contribution in [2.45, 2.75) is 136 Å². The lowest BCUT2D eigenvalue weighted by Gasteiger charge is -2.19. The summed E-state index contributed by atoms with van der Waals surface area (Å²) in [6.45, 7) is 3.44. The number of hydrogen-bond donors (Lipinski definition) is 2. The van der Waals surface area contributed by atoms with Crippen LogP contribution in [0.4, 0.5) is 0 Å². The van der Waals surface area contributed by atoms with Gasteiger partial charge in [-0.25, -0.2) is 4.57 Å². The Hall–Kier alpha value is -2.55. The van der Waals surface area contributed by atoms with Gasteiger partial charge in [0.2, 0.25) is 0 Å². The highest BCUT2D eigenvalue weighted by atomic mass is 31.2. The number of phosphoric acid groups is 1. The van der Waals surface area contributed by atoms with E-state index < -0.39 is 32.5 Å². The maximum atomic E-state index is 12.4. The van der Waals surface area contributed by atoms with Crippen molar-refractivity contribution in [2.75, 3.05) is 26.4 Å². The van der Waals surface area contributed by atoms with Gasteiger partial charge in [-0.1, -0.05) is 125 Å². The predicted octanol–water partition coefficient (Wildman–Crippen LogP) is 9.93. The summed E-state index contributed by atoms with van der Waals surface area (Å²) in [6, 6.07) is 0. The van der Waals surface area contributed by atoms with Crippen LogP contribution in [0.15, 0.2) is 72.9 Å². The monoisotopic (exact) mass is 707 g/mol. The molecule has 0 rings (SSSR count). The Kier molecular flexibility index (Phi) is 33.4. The van der Waals surface area contributed by atoms with E-state index >= 15 is 0 Å². The Morgan fingerprint density at radius 2 is 1.18 bits per heavy atom. The number of esters is 2. The van der Waals surface area contributed by atoms with Crippen LogP contribution in [0.25, 0.3) is 0 Å². The van der Waals surface area contributed by atoms with Crippen LogP contribution >= 0.6 is 7.82 Å². The number of carbonyl (C=O) groups is 2. The SMILES string of the molecule is CC/C=C\C/C=C\C/C=C\C/C=C\C/C=C\CC(=O)OC(COC(=O)CCCCCCC/C=C\CCCCCC)COP(=O)(O)OCCN. The van der Waals surface area contributed by atoms with Crippen LogP contribution in [0, 0.1) is 0 Å². The Bertz CT molecular complexity index is 1030. The first-order chi connectivity index (χ1) is 23.8. The van der Waals surface area contributed by atoms with E-state index in [1.165, 1.54) is 32.1 Å². The highest BCUT2D eigenvalue weighted by Gasteiger charge is 2.25. The van der Waals surface area contributed by atoms with Gasteiger partial charge < -0.3 is 20.1 Å². The second kappa shape index (κ2) is 35.3. The molecule has 0 amide bonds. The van der Waals surface area contributed by atoms with Crippen molar-refractivity contribution < 1.29 is 37.6 Å². The number of rotatable bonds is 33. The van der Waals surface area contributed by atoms with E-state index in [0.29, 0.717) is 12.8 Å². The maximum absolute atomic E-state index is 12.4. The Balaban J connectivity index is 4.43. The lowest BCUT2D eigenvalue weighted by molar-refractivity contribution is -0.160. The van der Waals surface area contributed by atoms with Gasteiger partial charge in [-0.3, -0.25) is 18.6 Å². The number of ether oxygens (including phenoxy) is 2. The average molecular weight is 708 g/mol. The summed E-state index contributed by atoms with van der Waals surface area (Å²) >= 11 is 0. The largest absolute Gasteiger partial charge is 0.472 e. The minimum Gasteiger partial charge on any atom is -0.462 e. The van der Waals surface area contributed by atoms with Gasteiger partial charge in [-0.15, -0.1) is 0 Å². The predicted molar refractivity (Wildman–Crippen MR) is 201 cm³/mol. The zero-order valence-corrected chi connectivity index (χ0v) is 31.3. The van der Waals surface area contributed by atoms with Crippen LogP contribution in [0.2, 0.25) is 0 Å². The lowest BCUT2D eigenvalue weighted by Crippen LogP contribution is -2.29. The second-order valence-corrected chi connectivity index (χ2v) is 13.2. The van der Waals surface area contributed by atoms with Gasteiger partial charge in [0, 0.05) is 13.0 Å². The molecule has 2 unspecified atom stereocenters. The number of allylic oxidation sites excluding steroid dienone is 11. The zero-order valence-electron chi connectivity index (χ0n) is 30.4. The van der Waals surface area contributed by atoms with Crippen molar-refractivity contribution in [3.8, 4) is 0 Å². The third kappa shape index (κ3) is 35.1. The Labute approximate surface area is 297 Å². The van der Waals surface area contributed by atoms with Gasteiger partial charge in [-0.2, -0.15) is 0 Å². The highest BCUT2D eigenvalue weighted by Crippen LogP contribution is 2.43. The van der Waals surface area contributed by atoms with E-state index in [-0.39, 0.29) is 32.6 Å². The molecule has 280 valence electrons. The molecule has 0 aromatic rings. The molecular formula is C39H66NO8P. The zero-order chi connectivity index (χ0) is 36.1. The van der Waals surface area contributed by atoms with Crippen molar-refractivity contribution in [1.29, 1.82) is 0 Å². The number of phosphoric ester groups is 1. The molecule has 0 aromatic heterocycles. The van der Waals surface area contributed by atoms with Gasteiger partial charge in [0.25, 0.3) is 0 Å². The summed E-state index contributed by atoms with van der Waals surface area (Å²) in [5.41, 5.74) is 5.32. The number of carbonyl (C=O) groups excluding carboxylic acids is 2. The van der Waals surface area contributed by atoms with E-state index in [1.54, 1.807) is 6.08 Å². The first-order valence-corrected chi connectivity index (χ1v) is 19.9. The van der Waals surface area contributed by atoms with Crippen molar-refractivity contribution in [3.05, 3.63) is 72.9 Å². The van der Waals surface area contributed by atoms with Gasteiger partial charge in [0.15, 0.2) is 6.10 Å². The standard InChI is InChI=1S/C39H66NO8P/c1-3-5-7-9-11-13-15-17-18-20-22-24-26-28-30-32-39(42)48-37(36-47-49(43,44)46-34-33-40)35-45-38(41)31-29-27-25-23-21-19-16-14-12-10-8-6-4-2/h5,7,11,13-14,16-18,22,24,28,30,37H,3-4,6,8-10,12,15,19-21,23,25-27,29,31-36,40H2,1-2H3,(H,43,44)/b7-5-,13-11-,16-14-,18-17-,24-22-,30-28-. The van der Waals surface area contributed by atoms with Crippen LogP contribution in [0.1, 0.15) is 129 Å². The Morgan fingerprint density at radius 1 is 0.653 bits per heavy atom.